The summed E-state index contributed by atoms with van der Waals surface area (Å²) >= 11 is 12.2. The first-order chi connectivity index (χ1) is 12.8. The van der Waals surface area contributed by atoms with Gasteiger partial charge >= 0.3 is 0 Å². The van der Waals surface area contributed by atoms with Crippen molar-refractivity contribution < 1.29 is 8.42 Å². The molecule has 0 spiro atoms. The molecule has 0 aliphatic heterocycles. The minimum Gasteiger partial charge on any atom is -0.304 e. The molecule has 0 aromatic heterocycles. The third kappa shape index (κ3) is 6.77. The maximum Gasteiger partial charge on any atom is 0.241 e. The highest BCUT2D eigenvalue weighted by Gasteiger charge is 2.23. The highest BCUT2D eigenvalue weighted by molar-refractivity contribution is 7.89. The standard InChI is InChI=1S/C20H26Cl2N2O2S/c1-3-4-8-13-24(2)15-20(16-11-12-18(21)19(22)14-16)23-27(25,26)17-9-6-5-7-10-17/h5-7,9-12,14,20,23H,3-4,8,13,15H2,1-2H3. The zero-order chi connectivity index (χ0) is 19.9. The second-order valence-electron chi connectivity index (χ2n) is 6.63. The number of rotatable bonds is 10. The van der Waals surface area contributed by atoms with Gasteiger partial charge in [0.05, 0.1) is 21.0 Å². The summed E-state index contributed by atoms with van der Waals surface area (Å²) in [5.41, 5.74) is 0.784. The lowest BCUT2D eigenvalue weighted by molar-refractivity contribution is 0.297. The Morgan fingerprint density at radius 3 is 2.37 bits per heavy atom. The monoisotopic (exact) mass is 428 g/mol. The highest BCUT2D eigenvalue weighted by Crippen LogP contribution is 2.27. The number of halogens is 2. The molecule has 1 atom stereocenters. The summed E-state index contributed by atoms with van der Waals surface area (Å²) in [6.07, 6.45) is 3.37. The minimum absolute atomic E-state index is 0.240. The Kier molecular flexibility index (Phi) is 8.58. The first-order valence-electron chi connectivity index (χ1n) is 9.04. The van der Waals surface area contributed by atoms with Gasteiger partial charge in [0.1, 0.15) is 0 Å². The van der Waals surface area contributed by atoms with E-state index in [9.17, 15) is 8.42 Å². The fourth-order valence-electron chi connectivity index (χ4n) is 2.83. The van der Waals surface area contributed by atoms with E-state index in [0.717, 1.165) is 31.4 Å². The Labute approximate surface area is 172 Å². The van der Waals surface area contributed by atoms with Crippen molar-refractivity contribution in [2.45, 2.75) is 37.1 Å². The van der Waals surface area contributed by atoms with E-state index in [2.05, 4.69) is 16.5 Å². The van der Waals surface area contributed by atoms with Crippen LogP contribution in [0.5, 0.6) is 0 Å². The molecule has 2 aromatic carbocycles. The van der Waals surface area contributed by atoms with Crippen LogP contribution in [0.25, 0.3) is 0 Å². The van der Waals surface area contributed by atoms with Gasteiger partial charge in [-0.25, -0.2) is 13.1 Å². The quantitative estimate of drug-likeness (QED) is 0.533. The van der Waals surface area contributed by atoms with Crippen LogP contribution in [-0.2, 0) is 10.0 Å². The van der Waals surface area contributed by atoms with Gasteiger partial charge in [0.25, 0.3) is 0 Å². The summed E-state index contributed by atoms with van der Waals surface area (Å²) in [4.78, 5) is 2.37. The SMILES string of the molecule is CCCCCN(C)CC(NS(=O)(=O)c1ccccc1)c1ccc(Cl)c(Cl)c1. The van der Waals surface area contributed by atoms with Crippen molar-refractivity contribution in [3.63, 3.8) is 0 Å². The van der Waals surface area contributed by atoms with Crippen LogP contribution in [0.15, 0.2) is 53.4 Å². The lowest BCUT2D eigenvalue weighted by Crippen LogP contribution is -2.37. The van der Waals surface area contributed by atoms with E-state index in [1.807, 2.05) is 13.1 Å². The Balaban J connectivity index is 2.24. The average Bonchev–Trinajstić information content (AvgIpc) is 2.64. The number of hydrogen-bond acceptors (Lipinski definition) is 3. The molecule has 0 amide bonds. The fraction of sp³-hybridized carbons (Fsp3) is 0.400. The first-order valence-corrected chi connectivity index (χ1v) is 11.3. The molecular weight excluding hydrogens is 403 g/mol. The number of unbranched alkanes of at least 4 members (excludes halogenated alkanes) is 2. The summed E-state index contributed by atoms with van der Waals surface area (Å²) < 4.78 is 28.5. The molecule has 0 aliphatic carbocycles. The highest BCUT2D eigenvalue weighted by atomic mass is 35.5. The van der Waals surface area contributed by atoms with Crippen LogP contribution in [0.4, 0.5) is 0 Å². The fourth-order valence-corrected chi connectivity index (χ4v) is 4.37. The predicted octanol–water partition coefficient (Wildman–Crippen LogP) is 5.14. The van der Waals surface area contributed by atoms with Crippen LogP contribution in [0.2, 0.25) is 10.0 Å². The van der Waals surface area contributed by atoms with Gasteiger partial charge in [-0.3, -0.25) is 0 Å². The third-order valence-electron chi connectivity index (χ3n) is 4.33. The van der Waals surface area contributed by atoms with Crippen molar-refractivity contribution in [3.05, 3.63) is 64.1 Å². The van der Waals surface area contributed by atoms with Crippen LogP contribution in [0.3, 0.4) is 0 Å². The minimum atomic E-state index is -3.65. The number of nitrogens with one attached hydrogen (secondary N) is 1. The molecule has 0 heterocycles. The topological polar surface area (TPSA) is 49.4 Å². The van der Waals surface area contributed by atoms with Gasteiger partial charge in [0, 0.05) is 6.54 Å². The summed E-state index contributed by atoms with van der Waals surface area (Å²) in [5.74, 6) is 0. The molecular formula is C20H26Cl2N2O2S. The Hall–Kier alpha value is -1.11. The Morgan fingerprint density at radius 1 is 1.04 bits per heavy atom. The molecule has 0 aliphatic rings. The van der Waals surface area contributed by atoms with Crippen LogP contribution in [-0.4, -0.2) is 33.5 Å². The van der Waals surface area contributed by atoms with Crippen molar-refractivity contribution in [2.75, 3.05) is 20.1 Å². The Morgan fingerprint density at radius 2 is 1.74 bits per heavy atom. The second-order valence-corrected chi connectivity index (χ2v) is 9.16. The third-order valence-corrected chi connectivity index (χ3v) is 6.56. The van der Waals surface area contributed by atoms with Crippen molar-refractivity contribution in [3.8, 4) is 0 Å². The lowest BCUT2D eigenvalue weighted by Gasteiger charge is -2.25. The van der Waals surface area contributed by atoms with E-state index in [-0.39, 0.29) is 4.90 Å². The number of likely N-dealkylation sites (N-methyl/N-ethyl adjacent to an activating group) is 1. The molecule has 0 saturated carbocycles. The van der Waals surface area contributed by atoms with Gasteiger partial charge in [0.2, 0.25) is 10.0 Å². The van der Waals surface area contributed by atoms with Crippen LogP contribution in [0.1, 0.15) is 37.8 Å². The first kappa shape index (κ1) is 22.2. The van der Waals surface area contributed by atoms with Gasteiger partial charge in [-0.05, 0) is 49.8 Å². The van der Waals surface area contributed by atoms with Crippen molar-refractivity contribution in [1.82, 2.24) is 9.62 Å². The van der Waals surface area contributed by atoms with Gasteiger partial charge in [-0.1, -0.05) is 67.2 Å². The van der Waals surface area contributed by atoms with Gasteiger partial charge < -0.3 is 4.90 Å². The van der Waals surface area contributed by atoms with Crippen LogP contribution >= 0.6 is 23.2 Å². The predicted molar refractivity (Wildman–Crippen MR) is 113 cm³/mol. The molecule has 7 heteroatoms. The van der Waals surface area contributed by atoms with Crippen molar-refractivity contribution in [1.29, 1.82) is 0 Å². The van der Waals surface area contributed by atoms with Crippen LogP contribution < -0.4 is 4.72 Å². The zero-order valence-corrected chi connectivity index (χ0v) is 18.0. The zero-order valence-electron chi connectivity index (χ0n) is 15.7. The molecule has 1 N–H and O–H groups in total. The van der Waals surface area contributed by atoms with Gasteiger partial charge in [-0.2, -0.15) is 0 Å². The van der Waals surface area contributed by atoms with E-state index < -0.39 is 16.1 Å². The molecule has 0 radical (unpaired) electrons. The molecule has 148 valence electrons. The number of sulfonamides is 1. The second kappa shape index (κ2) is 10.4. The van der Waals surface area contributed by atoms with E-state index >= 15 is 0 Å². The average molecular weight is 429 g/mol. The largest absolute Gasteiger partial charge is 0.304 e. The number of hydrogen-bond donors (Lipinski definition) is 1. The maximum atomic E-state index is 12.8. The molecule has 1 unspecified atom stereocenters. The van der Waals surface area contributed by atoms with E-state index in [4.69, 9.17) is 23.2 Å². The van der Waals surface area contributed by atoms with E-state index in [1.165, 1.54) is 0 Å². The molecule has 0 bridgehead atoms. The van der Waals surface area contributed by atoms with Crippen molar-refractivity contribution >= 4 is 33.2 Å². The normalized spacial score (nSPS) is 13.1. The van der Waals surface area contributed by atoms with Gasteiger partial charge in [-0.15, -0.1) is 0 Å². The number of benzene rings is 2. The van der Waals surface area contributed by atoms with Crippen LogP contribution in [0, 0.1) is 0 Å². The smallest absolute Gasteiger partial charge is 0.241 e. The van der Waals surface area contributed by atoms with E-state index in [1.54, 1.807) is 42.5 Å². The van der Waals surface area contributed by atoms with E-state index in [0.29, 0.717) is 16.6 Å². The molecule has 4 nitrogen and oxygen atoms in total. The van der Waals surface area contributed by atoms with Crippen molar-refractivity contribution in [2.24, 2.45) is 0 Å². The summed E-state index contributed by atoms with van der Waals surface area (Å²) in [5, 5.41) is 0.855. The maximum absolute atomic E-state index is 12.8. The Bertz CT molecular complexity index is 829. The molecule has 2 aromatic rings. The lowest BCUT2D eigenvalue weighted by atomic mass is 10.1. The summed E-state index contributed by atoms with van der Waals surface area (Å²) in [6.45, 7) is 3.60. The molecule has 27 heavy (non-hydrogen) atoms. The van der Waals surface area contributed by atoms with Gasteiger partial charge in [0.15, 0.2) is 0 Å². The number of nitrogens with zero attached hydrogens (tertiary/aromatic N) is 1. The molecule has 2 rings (SSSR count). The molecule has 0 fully saturated rings. The summed E-state index contributed by atoms with van der Waals surface area (Å²) in [6, 6.07) is 13.2. The molecule has 0 saturated heterocycles. The summed E-state index contributed by atoms with van der Waals surface area (Å²) in [7, 11) is -1.66.